The smallest absolute Gasteiger partial charge is 0.408 e. The fourth-order valence-corrected chi connectivity index (χ4v) is 5.30. The van der Waals surface area contributed by atoms with E-state index in [1.54, 1.807) is 20.8 Å². The second kappa shape index (κ2) is 17.1. The summed E-state index contributed by atoms with van der Waals surface area (Å²) < 4.78 is 10.2. The molecule has 0 saturated heterocycles. The summed E-state index contributed by atoms with van der Waals surface area (Å²) in [6, 6.07) is 9.73. The van der Waals surface area contributed by atoms with Crippen LogP contribution in [-0.2, 0) is 28.7 Å². The first-order valence-electron chi connectivity index (χ1n) is 16.5. The fourth-order valence-electron chi connectivity index (χ4n) is 5.30. The second-order valence-corrected chi connectivity index (χ2v) is 13.2. The number of nitrogens with one attached hydrogen (secondary N) is 4. The molecule has 0 heterocycles. The molecule has 290 valence electrons. The molecule has 17 heteroatoms. The first-order chi connectivity index (χ1) is 25.8. The van der Waals surface area contributed by atoms with Gasteiger partial charge in [-0.05, 0) is 91.6 Å². The Balaban J connectivity index is 1.76. The summed E-state index contributed by atoms with van der Waals surface area (Å²) in [6.07, 6.45) is -1.07. The number of hydrogen-bond donors (Lipinski definition) is 10. The number of benzene rings is 4. The summed E-state index contributed by atoms with van der Waals surface area (Å²) in [7, 11) is 1.07. The topological polar surface area (TPSA) is 273 Å². The van der Waals surface area contributed by atoms with Gasteiger partial charge in [-0.3, -0.25) is 14.4 Å². The van der Waals surface area contributed by atoms with Crippen molar-refractivity contribution in [1.29, 1.82) is 0 Å². The van der Waals surface area contributed by atoms with Gasteiger partial charge in [-0.1, -0.05) is 24.3 Å². The SMILES string of the molecule is COC(=O)[C@@H](NC(=O)[C@H](NC(=O)[C@@H](NC(=O)[C@H](NC(=O)OC(C)(C)C)c1cc(O)cc(O)c1)c1ccc(O)cc1)c1cc(O)cc(O)c1)c1ccc(O)cc1. The van der Waals surface area contributed by atoms with E-state index < -0.39 is 82.6 Å². The van der Waals surface area contributed by atoms with Gasteiger partial charge in [-0.2, -0.15) is 0 Å². The molecule has 17 nitrogen and oxygen atoms in total. The number of amides is 4. The second-order valence-electron chi connectivity index (χ2n) is 13.2. The molecule has 55 heavy (non-hydrogen) atoms. The van der Waals surface area contributed by atoms with Crippen LogP contribution >= 0.6 is 0 Å². The molecule has 0 bridgehead atoms. The van der Waals surface area contributed by atoms with Crippen molar-refractivity contribution in [2.45, 2.75) is 50.5 Å². The third-order valence-corrected chi connectivity index (χ3v) is 7.71. The fraction of sp³-hybridized carbons (Fsp3) is 0.237. The zero-order chi connectivity index (χ0) is 40.6. The van der Waals surface area contributed by atoms with Crippen molar-refractivity contribution in [3.8, 4) is 34.5 Å². The molecule has 4 aromatic carbocycles. The van der Waals surface area contributed by atoms with Crippen molar-refractivity contribution in [2.75, 3.05) is 7.11 Å². The lowest BCUT2D eigenvalue weighted by Crippen LogP contribution is -2.49. The van der Waals surface area contributed by atoms with E-state index in [1.807, 2.05) is 0 Å². The van der Waals surface area contributed by atoms with Crippen molar-refractivity contribution in [2.24, 2.45) is 0 Å². The Kier molecular flexibility index (Phi) is 12.6. The molecule has 0 aromatic heterocycles. The first kappa shape index (κ1) is 40.6. The minimum absolute atomic E-state index is 0.0490. The minimum atomic E-state index is -1.79. The number of rotatable bonds is 12. The number of phenolic OH excluding ortho intramolecular Hbond substituents is 6. The standard InChI is InChI=1S/C38H40N4O13/c1-38(2,3)55-37(53)42-31(22-15-27(47)18-28(48)16-22)35(51)39-29(19-5-9-23(43)10-6-19)33(49)40-30(21-13-25(45)17-26(46)14-21)34(50)41-32(36(52)54-4)20-7-11-24(44)12-8-20/h5-18,29-32,43-48H,1-4H3,(H,39,51)(H,40,49)(H,41,50)(H,42,53)/t29-,30+,31+,32-/m0/s1. The summed E-state index contributed by atoms with van der Waals surface area (Å²) >= 11 is 0. The summed E-state index contributed by atoms with van der Waals surface area (Å²) in [6.45, 7) is 4.72. The Morgan fingerprint density at radius 3 is 1.16 bits per heavy atom. The van der Waals surface area contributed by atoms with Crippen molar-refractivity contribution in [1.82, 2.24) is 21.3 Å². The van der Waals surface area contributed by atoms with Crippen LogP contribution in [0.1, 0.15) is 67.2 Å². The Morgan fingerprint density at radius 2 is 0.800 bits per heavy atom. The number of phenols is 6. The maximum atomic E-state index is 14.3. The van der Waals surface area contributed by atoms with E-state index in [1.165, 1.54) is 48.5 Å². The molecule has 4 rings (SSSR count). The van der Waals surface area contributed by atoms with Crippen LogP contribution < -0.4 is 21.3 Å². The van der Waals surface area contributed by atoms with Crippen molar-refractivity contribution >= 4 is 29.8 Å². The number of carbonyl (C=O) groups excluding carboxylic acids is 5. The quantitative estimate of drug-likeness (QED) is 0.0931. The molecule has 4 aromatic rings. The number of hydrogen-bond acceptors (Lipinski definition) is 13. The lowest BCUT2D eigenvalue weighted by molar-refractivity contribution is -0.145. The number of carbonyl (C=O) groups is 5. The summed E-state index contributed by atoms with van der Waals surface area (Å²) in [5, 5.41) is 70.4. The van der Waals surface area contributed by atoms with Crippen molar-refractivity contribution in [3.63, 3.8) is 0 Å². The van der Waals surface area contributed by atoms with Gasteiger partial charge in [0.25, 0.3) is 0 Å². The van der Waals surface area contributed by atoms with Crippen molar-refractivity contribution in [3.05, 3.63) is 107 Å². The third-order valence-electron chi connectivity index (χ3n) is 7.71. The molecule has 0 aliphatic heterocycles. The largest absolute Gasteiger partial charge is 0.508 e. The van der Waals surface area contributed by atoms with Gasteiger partial charge in [0.15, 0.2) is 6.04 Å². The molecular formula is C38H40N4O13. The van der Waals surface area contributed by atoms with E-state index in [4.69, 9.17) is 9.47 Å². The van der Waals surface area contributed by atoms with E-state index in [2.05, 4.69) is 21.3 Å². The average molecular weight is 761 g/mol. The Labute approximate surface area is 314 Å². The monoisotopic (exact) mass is 760 g/mol. The molecular weight excluding hydrogens is 720 g/mol. The van der Waals surface area contributed by atoms with Gasteiger partial charge < -0.3 is 61.4 Å². The van der Waals surface area contributed by atoms with Gasteiger partial charge in [0.2, 0.25) is 17.7 Å². The van der Waals surface area contributed by atoms with E-state index in [0.717, 1.165) is 43.5 Å². The molecule has 0 radical (unpaired) electrons. The van der Waals surface area contributed by atoms with Crippen LogP contribution in [0.25, 0.3) is 0 Å². The molecule has 10 N–H and O–H groups in total. The molecule has 0 spiro atoms. The van der Waals surface area contributed by atoms with Gasteiger partial charge in [-0.25, -0.2) is 9.59 Å². The average Bonchev–Trinajstić information content (AvgIpc) is 3.09. The molecule has 0 saturated carbocycles. The van der Waals surface area contributed by atoms with E-state index in [-0.39, 0.29) is 33.8 Å². The third kappa shape index (κ3) is 11.2. The van der Waals surface area contributed by atoms with E-state index in [9.17, 15) is 54.6 Å². The van der Waals surface area contributed by atoms with Crippen LogP contribution in [0.4, 0.5) is 4.79 Å². The highest BCUT2D eigenvalue weighted by molar-refractivity contribution is 5.96. The number of methoxy groups -OCH3 is 1. The zero-order valence-electron chi connectivity index (χ0n) is 29.9. The van der Waals surface area contributed by atoms with Crippen molar-refractivity contribution < 1.29 is 64.1 Å². The maximum Gasteiger partial charge on any atom is 0.408 e. The normalized spacial score (nSPS) is 13.2. The van der Waals surface area contributed by atoms with Gasteiger partial charge >= 0.3 is 12.1 Å². The molecule has 0 aliphatic rings. The maximum absolute atomic E-state index is 14.3. The highest BCUT2D eigenvalue weighted by Crippen LogP contribution is 2.30. The van der Waals surface area contributed by atoms with Crippen LogP contribution in [0.2, 0.25) is 0 Å². The minimum Gasteiger partial charge on any atom is -0.508 e. The van der Waals surface area contributed by atoms with E-state index in [0.29, 0.717) is 0 Å². The number of esters is 1. The first-order valence-corrected chi connectivity index (χ1v) is 16.5. The predicted octanol–water partition coefficient (Wildman–Crippen LogP) is 3.23. The molecule has 0 aliphatic carbocycles. The molecule has 4 amide bonds. The van der Waals surface area contributed by atoms with E-state index >= 15 is 0 Å². The molecule has 0 fully saturated rings. The van der Waals surface area contributed by atoms with Crippen LogP contribution in [0.3, 0.4) is 0 Å². The number of ether oxygens (including phenoxy) is 2. The molecule has 4 atom stereocenters. The van der Waals surface area contributed by atoms with Crippen LogP contribution in [0, 0.1) is 0 Å². The van der Waals surface area contributed by atoms with Gasteiger partial charge in [0, 0.05) is 12.1 Å². The van der Waals surface area contributed by atoms with Crippen LogP contribution in [-0.4, -0.2) is 73.1 Å². The Bertz CT molecular complexity index is 2010. The zero-order valence-corrected chi connectivity index (χ0v) is 29.9. The highest BCUT2D eigenvalue weighted by atomic mass is 16.6. The van der Waals surface area contributed by atoms with Gasteiger partial charge in [0.1, 0.15) is 58.2 Å². The number of aromatic hydroxyl groups is 6. The molecule has 0 unspecified atom stereocenters. The van der Waals surface area contributed by atoms with Crippen LogP contribution in [0.5, 0.6) is 34.5 Å². The lowest BCUT2D eigenvalue weighted by atomic mass is 10.00. The lowest BCUT2D eigenvalue weighted by Gasteiger charge is -2.27. The summed E-state index contributed by atoms with van der Waals surface area (Å²) in [4.78, 5) is 68.1. The number of alkyl carbamates (subject to hydrolysis) is 1. The summed E-state index contributed by atoms with van der Waals surface area (Å²) in [5.74, 6) is -6.42. The van der Waals surface area contributed by atoms with Crippen LogP contribution in [0.15, 0.2) is 84.9 Å². The Hall–Kier alpha value is -7.17. The Morgan fingerprint density at radius 1 is 0.473 bits per heavy atom. The predicted molar refractivity (Wildman–Crippen MR) is 193 cm³/mol. The highest BCUT2D eigenvalue weighted by Gasteiger charge is 2.35. The van der Waals surface area contributed by atoms with Gasteiger partial charge in [0.05, 0.1) is 7.11 Å². The van der Waals surface area contributed by atoms with Gasteiger partial charge in [-0.15, -0.1) is 0 Å². The summed E-state index contributed by atoms with van der Waals surface area (Å²) in [5.41, 5.74) is -1.08.